The number of hydrogen-bond donors (Lipinski definition) is 1. The second-order valence-electron chi connectivity index (χ2n) is 5.28. The number of hydrogen-bond acceptors (Lipinski definition) is 5. The molecule has 0 spiro atoms. The van der Waals surface area contributed by atoms with Crippen molar-refractivity contribution in [2.75, 3.05) is 31.6 Å². The molecule has 0 saturated carbocycles. The number of aromatic nitrogens is 2. The Morgan fingerprint density at radius 2 is 2.04 bits per heavy atom. The van der Waals surface area contributed by atoms with E-state index in [1.165, 1.54) is 6.20 Å². The molecule has 1 aliphatic heterocycles. The molecule has 0 aliphatic carbocycles. The molecule has 120 valence electrons. The van der Waals surface area contributed by atoms with Gasteiger partial charge in [0, 0.05) is 23.2 Å². The molecule has 23 heavy (non-hydrogen) atoms. The van der Waals surface area contributed by atoms with Crippen LogP contribution < -0.4 is 5.32 Å². The number of nitrogens with one attached hydrogen (secondary N) is 1. The average Bonchev–Trinajstić information content (AvgIpc) is 2.59. The molecule has 3 rings (SSSR count). The van der Waals surface area contributed by atoms with Crippen LogP contribution in [0, 0.1) is 6.92 Å². The minimum atomic E-state index is -0.105. The van der Waals surface area contributed by atoms with Crippen molar-refractivity contribution in [2.24, 2.45) is 0 Å². The van der Waals surface area contributed by atoms with Gasteiger partial charge in [-0.3, -0.25) is 4.79 Å². The van der Waals surface area contributed by atoms with Crippen LogP contribution in [0.5, 0.6) is 0 Å². The zero-order chi connectivity index (χ0) is 16.2. The largest absolute Gasteiger partial charge is 0.378 e. The van der Waals surface area contributed by atoms with E-state index in [9.17, 15) is 4.79 Å². The Morgan fingerprint density at radius 1 is 1.26 bits per heavy atom. The number of ether oxygens (including phenoxy) is 1. The highest BCUT2D eigenvalue weighted by atomic mass is 79.9. The number of carbonyl (C=O) groups is 1. The van der Waals surface area contributed by atoms with E-state index in [1.807, 2.05) is 25.1 Å². The number of morpholine rings is 1. The third-order valence-electron chi connectivity index (χ3n) is 3.60. The van der Waals surface area contributed by atoms with Crippen molar-refractivity contribution in [3.63, 3.8) is 0 Å². The summed E-state index contributed by atoms with van der Waals surface area (Å²) >= 11 is 3.47. The molecule has 0 atom stereocenters. The van der Waals surface area contributed by atoms with Crippen molar-refractivity contribution in [2.45, 2.75) is 6.92 Å². The molecule has 7 heteroatoms. The predicted molar refractivity (Wildman–Crippen MR) is 90.9 cm³/mol. The Kier molecular flexibility index (Phi) is 4.88. The minimum Gasteiger partial charge on any atom is -0.378 e. The minimum absolute atomic E-state index is 0.105. The van der Waals surface area contributed by atoms with E-state index in [2.05, 4.69) is 31.2 Å². The maximum absolute atomic E-state index is 12.3. The molecule has 2 aromatic rings. The van der Waals surface area contributed by atoms with Crippen molar-refractivity contribution in [3.05, 3.63) is 46.3 Å². The summed E-state index contributed by atoms with van der Waals surface area (Å²) in [6, 6.07) is 5.94. The van der Waals surface area contributed by atoms with E-state index < -0.39 is 0 Å². The Morgan fingerprint density at radius 3 is 2.70 bits per heavy atom. The highest BCUT2D eigenvalue weighted by molar-refractivity contribution is 9.10. The third-order valence-corrected chi connectivity index (χ3v) is 4.49. The number of carbonyl (C=O) groups excluding carboxylic acids is 1. The van der Waals surface area contributed by atoms with Gasteiger partial charge in [-0.15, -0.1) is 0 Å². The third kappa shape index (κ3) is 3.86. The number of aryl methyl sites for hydroxylation is 1. The van der Waals surface area contributed by atoms with Crippen LogP contribution in [0.15, 0.2) is 35.1 Å². The fourth-order valence-electron chi connectivity index (χ4n) is 2.30. The molecule has 1 fully saturated rings. The number of benzene rings is 1. The number of amides is 1. The van der Waals surface area contributed by atoms with Gasteiger partial charge in [-0.1, -0.05) is 15.9 Å². The second kappa shape index (κ2) is 7.06. The van der Waals surface area contributed by atoms with Crippen LogP contribution in [0.25, 0.3) is 0 Å². The monoisotopic (exact) mass is 376 g/mol. The lowest BCUT2D eigenvalue weighted by atomic mass is 10.2. The number of halogens is 1. The quantitative estimate of drug-likeness (QED) is 0.891. The van der Waals surface area contributed by atoms with E-state index in [4.69, 9.17) is 4.74 Å². The Hall–Kier alpha value is -1.99. The molecule has 1 aromatic heterocycles. The molecule has 0 bridgehead atoms. The first-order chi connectivity index (χ1) is 11.1. The first-order valence-corrected chi connectivity index (χ1v) is 8.15. The second-order valence-corrected chi connectivity index (χ2v) is 6.13. The van der Waals surface area contributed by atoms with Crippen molar-refractivity contribution in [1.82, 2.24) is 14.9 Å². The molecule has 1 saturated heterocycles. The fourth-order valence-corrected chi connectivity index (χ4v) is 2.55. The van der Waals surface area contributed by atoms with Gasteiger partial charge in [0.15, 0.2) is 0 Å². The highest BCUT2D eigenvalue weighted by Gasteiger charge is 2.19. The number of rotatable bonds is 3. The Balaban J connectivity index is 1.68. The summed E-state index contributed by atoms with van der Waals surface area (Å²) in [6.07, 6.45) is 3.08. The van der Waals surface area contributed by atoms with Gasteiger partial charge in [0.05, 0.1) is 25.6 Å². The van der Waals surface area contributed by atoms with Crippen LogP contribution in [0.4, 0.5) is 11.5 Å². The Labute approximate surface area is 143 Å². The summed E-state index contributed by atoms with van der Waals surface area (Å²) in [4.78, 5) is 22.5. The molecule has 1 aromatic carbocycles. The summed E-state index contributed by atoms with van der Waals surface area (Å²) in [5.41, 5.74) is 2.40. The lowest BCUT2D eigenvalue weighted by Crippen LogP contribution is -2.41. The lowest BCUT2D eigenvalue weighted by Gasteiger charge is -2.26. The van der Waals surface area contributed by atoms with Crippen molar-refractivity contribution in [3.8, 4) is 0 Å². The van der Waals surface area contributed by atoms with Crippen molar-refractivity contribution < 1.29 is 9.53 Å². The van der Waals surface area contributed by atoms with Crippen LogP contribution in [-0.4, -0.2) is 47.1 Å². The standard InChI is InChI=1S/C16H17BrN4O2/c1-11-8-12(2-3-13(11)17)20-15-10-18-14(9-19-15)16(22)21-4-6-23-7-5-21/h2-3,8-10H,4-7H2,1H3,(H,19,20). The molecule has 2 heterocycles. The molecule has 0 radical (unpaired) electrons. The molecule has 1 amide bonds. The highest BCUT2D eigenvalue weighted by Crippen LogP contribution is 2.22. The zero-order valence-corrected chi connectivity index (χ0v) is 14.3. The van der Waals surface area contributed by atoms with Gasteiger partial charge in [0.25, 0.3) is 5.91 Å². The number of anilines is 2. The first kappa shape index (κ1) is 15.9. The van der Waals surface area contributed by atoms with E-state index in [-0.39, 0.29) is 5.91 Å². The molecule has 0 unspecified atom stereocenters. The van der Waals surface area contributed by atoms with Gasteiger partial charge in [-0.05, 0) is 30.7 Å². The van der Waals surface area contributed by atoms with Gasteiger partial charge in [-0.25, -0.2) is 9.97 Å². The molecular weight excluding hydrogens is 360 g/mol. The summed E-state index contributed by atoms with van der Waals surface area (Å²) in [6.45, 7) is 4.35. The number of nitrogens with zero attached hydrogens (tertiary/aromatic N) is 3. The molecule has 6 nitrogen and oxygen atoms in total. The average molecular weight is 377 g/mol. The van der Waals surface area contributed by atoms with E-state index in [0.29, 0.717) is 37.8 Å². The van der Waals surface area contributed by atoms with Crippen LogP contribution in [0.3, 0.4) is 0 Å². The fraction of sp³-hybridized carbons (Fsp3) is 0.312. The maximum atomic E-state index is 12.3. The van der Waals surface area contributed by atoms with Gasteiger partial charge in [-0.2, -0.15) is 0 Å². The summed E-state index contributed by atoms with van der Waals surface area (Å²) in [5, 5.41) is 3.18. The summed E-state index contributed by atoms with van der Waals surface area (Å²) in [7, 11) is 0. The lowest BCUT2D eigenvalue weighted by molar-refractivity contribution is 0.0298. The first-order valence-electron chi connectivity index (χ1n) is 7.36. The van der Waals surface area contributed by atoms with Crippen molar-refractivity contribution >= 4 is 33.3 Å². The van der Waals surface area contributed by atoms with Gasteiger partial charge < -0.3 is 15.0 Å². The van der Waals surface area contributed by atoms with Gasteiger partial charge in [0.1, 0.15) is 11.5 Å². The van der Waals surface area contributed by atoms with E-state index in [0.717, 1.165) is 15.7 Å². The smallest absolute Gasteiger partial charge is 0.274 e. The van der Waals surface area contributed by atoms with Crippen LogP contribution >= 0.6 is 15.9 Å². The summed E-state index contributed by atoms with van der Waals surface area (Å²) < 4.78 is 6.30. The van der Waals surface area contributed by atoms with Gasteiger partial charge >= 0.3 is 0 Å². The van der Waals surface area contributed by atoms with Crippen LogP contribution in [0.1, 0.15) is 16.1 Å². The van der Waals surface area contributed by atoms with Crippen LogP contribution in [0.2, 0.25) is 0 Å². The van der Waals surface area contributed by atoms with Gasteiger partial charge in [0.2, 0.25) is 0 Å². The molecule has 1 aliphatic rings. The summed E-state index contributed by atoms with van der Waals surface area (Å²) in [5.74, 6) is 0.497. The van der Waals surface area contributed by atoms with E-state index in [1.54, 1.807) is 11.1 Å². The zero-order valence-electron chi connectivity index (χ0n) is 12.8. The Bertz CT molecular complexity index is 700. The van der Waals surface area contributed by atoms with E-state index >= 15 is 0 Å². The van der Waals surface area contributed by atoms with Crippen LogP contribution in [-0.2, 0) is 4.74 Å². The van der Waals surface area contributed by atoms with Crippen molar-refractivity contribution in [1.29, 1.82) is 0 Å². The normalized spacial score (nSPS) is 14.6. The topological polar surface area (TPSA) is 67.4 Å². The maximum Gasteiger partial charge on any atom is 0.274 e. The molecular formula is C16H17BrN4O2. The molecule has 1 N–H and O–H groups in total. The SMILES string of the molecule is Cc1cc(Nc2cnc(C(=O)N3CCOCC3)cn2)ccc1Br. The predicted octanol–water partition coefficient (Wildman–Crippen LogP) is 2.76.